The van der Waals surface area contributed by atoms with Gasteiger partial charge in [0, 0.05) is 74.2 Å². The lowest BCUT2D eigenvalue weighted by Gasteiger charge is -2.62. The summed E-state index contributed by atoms with van der Waals surface area (Å²) in [5.41, 5.74) is -12.3. The Hall–Kier alpha value is -2.61. The number of likely N-dealkylation sites (N-methyl/N-ethyl adjacent to an activating group) is 1. The van der Waals surface area contributed by atoms with Crippen molar-refractivity contribution in [3.8, 4) is 0 Å². The van der Waals surface area contributed by atoms with E-state index in [1.807, 2.05) is 37.7 Å². The summed E-state index contributed by atoms with van der Waals surface area (Å²) >= 11 is 0. The molecule has 470 valence electrons. The van der Waals surface area contributed by atoms with Gasteiger partial charge in [-0.05, 0) is 144 Å². The summed E-state index contributed by atoms with van der Waals surface area (Å²) in [6.45, 7) is 20.7. The van der Waals surface area contributed by atoms with E-state index in [1.165, 1.54) is 33.1 Å². The molecule has 7 rings (SSSR count). The molecule has 1 amide bonds. The van der Waals surface area contributed by atoms with Crippen LogP contribution in [0.4, 0.5) is 8.78 Å². The number of hydrogen-bond acceptors (Lipinski definition) is 18. The average molecular weight is 1170 g/mol. The van der Waals surface area contributed by atoms with Gasteiger partial charge < -0.3 is 74.4 Å². The highest BCUT2D eigenvalue weighted by atomic mass is 19.1. The lowest BCUT2D eigenvalue weighted by molar-refractivity contribution is -0.319. The quantitative estimate of drug-likeness (QED) is 0.0928. The van der Waals surface area contributed by atoms with E-state index in [2.05, 4.69) is 5.32 Å². The van der Waals surface area contributed by atoms with Gasteiger partial charge in [-0.1, -0.05) is 40.7 Å². The van der Waals surface area contributed by atoms with Gasteiger partial charge in [0.2, 0.25) is 0 Å². The highest BCUT2D eigenvalue weighted by Crippen LogP contribution is 2.71. The van der Waals surface area contributed by atoms with Crippen molar-refractivity contribution >= 4 is 17.7 Å². The fourth-order valence-electron chi connectivity index (χ4n) is 16.3. The topological polar surface area (TPSA) is 267 Å². The largest absolute Gasteiger partial charge is 0.459 e. The molecule has 7 aliphatic rings. The van der Waals surface area contributed by atoms with Gasteiger partial charge in [-0.3, -0.25) is 19.3 Å². The number of alkyl halides is 1. The third-order valence-corrected chi connectivity index (χ3v) is 21.8. The normalized spacial score (nSPS) is 49.1. The van der Waals surface area contributed by atoms with Crippen LogP contribution in [0.2, 0.25) is 0 Å². The number of fused-ring (bicyclic) bond motifs is 5. The van der Waals surface area contributed by atoms with Crippen molar-refractivity contribution in [2.75, 3.05) is 40.8 Å². The van der Waals surface area contributed by atoms with Gasteiger partial charge in [-0.2, -0.15) is 0 Å². The van der Waals surface area contributed by atoms with Crippen molar-refractivity contribution in [2.45, 2.75) is 261 Å². The van der Waals surface area contributed by atoms with E-state index in [-0.39, 0.29) is 107 Å². The number of nitrogens with one attached hydrogen (secondary N) is 1. The average Bonchev–Trinajstić information content (AvgIpc) is 1.89. The first-order chi connectivity index (χ1) is 38.1. The molecule has 82 heavy (non-hydrogen) atoms. The number of amides is 1. The standard InChI is InChI=1S/C61H101F2N3O16/c1-16-45-58(12,74)49(70)36(7)66(25-19-23-64-54(73)61(76)32(3)26-39-40-29-42(62)41-28-38(67)20-22-55(41,9)60(40,63)44(68)30-56(39,61)10)24-18-21-59(75,17-2)51(82-53-47(69)43(65(13)14)27-33(4)78-53)34(5)48(35(6)52(72)80-45)81-46-31-57(11,77-15)50(71)37(8)79-46/h20,22,32-37,39-40,43-51,53,68-71,74-76H,16-19,21,23-31H2,1-15H3,(H,64,73)/t32-,33-,34+,35-,36-,37?,39?,40?,43-,44+,45-,46-,47-,48+,49-,50-,51-,53+,55+,56+,57+,58-,59-,60+,61+/m1/s1. The van der Waals surface area contributed by atoms with Crippen LogP contribution in [0.1, 0.15) is 154 Å². The number of methoxy groups -OCH3 is 1. The predicted molar refractivity (Wildman–Crippen MR) is 299 cm³/mol. The molecule has 5 fully saturated rings. The molecule has 21 heteroatoms. The summed E-state index contributed by atoms with van der Waals surface area (Å²) in [6.07, 6.45) is -9.10. The Morgan fingerprint density at radius 2 is 1.60 bits per heavy atom. The Balaban J connectivity index is 1.16. The molecular weight excluding hydrogens is 1070 g/mol. The molecule has 25 atom stereocenters. The molecule has 0 radical (unpaired) electrons. The molecule has 3 heterocycles. The van der Waals surface area contributed by atoms with Crippen molar-refractivity contribution in [1.82, 2.24) is 15.1 Å². The van der Waals surface area contributed by atoms with E-state index in [0.29, 0.717) is 6.42 Å². The number of carbonyl (C=O) groups excluding carboxylic acids is 3. The summed E-state index contributed by atoms with van der Waals surface area (Å²) in [4.78, 5) is 45.6. The van der Waals surface area contributed by atoms with Crippen molar-refractivity contribution in [1.29, 1.82) is 0 Å². The maximum Gasteiger partial charge on any atom is 0.311 e. The molecule has 0 aromatic rings. The zero-order valence-electron chi connectivity index (χ0n) is 51.4. The second kappa shape index (κ2) is 24.9. The van der Waals surface area contributed by atoms with Crippen LogP contribution in [0.15, 0.2) is 23.6 Å². The Labute approximate surface area is 484 Å². The van der Waals surface area contributed by atoms with Gasteiger partial charge in [-0.25, -0.2) is 8.78 Å². The van der Waals surface area contributed by atoms with Gasteiger partial charge >= 0.3 is 5.97 Å². The molecule has 8 N–H and O–H groups in total. The van der Waals surface area contributed by atoms with Crippen LogP contribution in [0.25, 0.3) is 0 Å². The van der Waals surface area contributed by atoms with E-state index in [0.717, 1.165) is 0 Å². The van der Waals surface area contributed by atoms with Crippen LogP contribution >= 0.6 is 0 Å². The SMILES string of the molecule is CC[C@H]1OC(=O)[C@H](C)[C@@H](O[C@@H]2C[C@](C)(OC)[C@H](O)C(C)O2)[C@H](C)[C@@H](O[C@@H]2O[C@H](C)C[C@@H](N(C)C)[C@H]2O)[C@@](O)(CC)CCCN(CCCNC(=O)[C@@]2(O)[C@H](C)CC3C4CC(F)=C5CC(=O)C=C[C@]5(C)[C@@]4(F)[C@@H](O)C[C@@]32C)[C@H](C)[C@@H](O)[C@]1(C)O. The lowest BCUT2D eigenvalue weighted by Crippen LogP contribution is -2.70. The highest BCUT2D eigenvalue weighted by Gasteiger charge is 2.76. The van der Waals surface area contributed by atoms with E-state index in [9.17, 15) is 50.1 Å². The second-order valence-electron chi connectivity index (χ2n) is 27.1. The molecule has 2 saturated carbocycles. The number of ketones is 1. The first kappa shape index (κ1) is 66.9. The number of cyclic esters (lactones) is 1. The third-order valence-electron chi connectivity index (χ3n) is 21.8. The fourth-order valence-corrected chi connectivity index (χ4v) is 16.3. The van der Waals surface area contributed by atoms with Gasteiger partial charge in [-0.15, -0.1) is 0 Å². The molecule has 19 nitrogen and oxygen atoms in total. The Kier molecular flexibility index (Phi) is 20.3. The van der Waals surface area contributed by atoms with Crippen LogP contribution < -0.4 is 5.32 Å². The Morgan fingerprint density at radius 1 is 0.927 bits per heavy atom. The predicted octanol–water partition coefficient (Wildman–Crippen LogP) is 4.57. The summed E-state index contributed by atoms with van der Waals surface area (Å²) in [5.74, 6) is -7.00. The van der Waals surface area contributed by atoms with Crippen molar-refractivity contribution < 1.29 is 87.3 Å². The van der Waals surface area contributed by atoms with Crippen molar-refractivity contribution in [2.24, 2.45) is 40.4 Å². The summed E-state index contributed by atoms with van der Waals surface area (Å²) in [5, 5.41) is 88.3. The molecule has 0 aromatic heterocycles. The van der Waals surface area contributed by atoms with Crippen LogP contribution in [0.5, 0.6) is 0 Å². The smallest absolute Gasteiger partial charge is 0.311 e. The minimum Gasteiger partial charge on any atom is -0.459 e. The summed E-state index contributed by atoms with van der Waals surface area (Å²) in [7, 11) is 5.19. The molecule has 0 aromatic carbocycles. The van der Waals surface area contributed by atoms with Crippen LogP contribution in [-0.4, -0.2) is 212 Å². The van der Waals surface area contributed by atoms with Gasteiger partial charge in [0.15, 0.2) is 29.6 Å². The number of aliphatic hydroxyl groups is 7. The van der Waals surface area contributed by atoms with E-state index in [4.69, 9.17) is 28.4 Å². The number of aliphatic hydroxyl groups excluding tert-OH is 4. The van der Waals surface area contributed by atoms with E-state index >= 15 is 8.78 Å². The van der Waals surface area contributed by atoms with E-state index < -0.39 is 154 Å². The molecule has 0 spiro atoms. The first-order valence-corrected chi connectivity index (χ1v) is 30.3. The number of esters is 1. The highest BCUT2D eigenvalue weighted by molar-refractivity contribution is 5.94. The Morgan fingerprint density at radius 3 is 2.22 bits per heavy atom. The number of nitrogens with zero attached hydrogens (tertiary/aromatic N) is 2. The maximum absolute atomic E-state index is 17.9. The van der Waals surface area contributed by atoms with Gasteiger partial charge in [0.1, 0.15) is 35.8 Å². The minimum atomic E-state index is -2.37. The van der Waals surface area contributed by atoms with Crippen molar-refractivity contribution in [3.05, 3.63) is 23.6 Å². The summed E-state index contributed by atoms with van der Waals surface area (Å²) < 4.78 is 72.3. The molecular formula is C61H101F2N3O16. The molecule has 3 aliphatic heterocycles. The zero-order chi connectivity index (χ0) is 61.2. The fraction of sp³-hybridized carbons (Fsp3) is 0.885. The number of halogens is 2. The number of allylic oxidation sites excluding steroid dienone is 4. The monoisotopic (exact) mass is 1170 g/mol. The number of rotatable bonds is 13. The summed E-state index contributed by atoms with van der Waals surface area (Å²) in [6, 6.07) is -1.19. The third kappa shape index (κ3) is 11.6. The first-order valence-electron chi connectivity index (χ1n) is 30.3. The van der Waals surface area contributed by atoms with Crippen LogP contribution in [0.3, 0.4) is 0 Å². The number of ether oxygens (including phenoxy) is 6. The Bertz CT molecular complexity index is 2350. The van der Waals surface area contributed by atoms with Crippen molar-refractivity contribution in [3.63, 3.8) is 0 Å². The van der Waals surface area contributed by atoms with Crippen LogP contribution in [-0.2, 0) is 42.8 Å². The minimum absolute atomic E-state index is 0.0177. The zero-order valence-corrected chi connectivity index (χ0v) is 51.4. The number of carbonyl (C=O) groups is 3. The number of hydrogen-bond donors (Lipinski definition) is 8. The molecule has 3 saturated heterocycles. The molecule has 3 unspecified atom stereocenters. The second-order valence-corrected chi connectivity index (χ2v) is 27.1. The van der Waals surface area contributed by atoms with E-state index in [1.54, 1.807) is 55.4 Å². The van der Waals surface area contributed by atoms with Gasteiger partial charge in [0.05, 0.1) is 47.6 Å². The van der Waals surface area contributed by atoms with Gasteiger partial charge in [0.25, 0.3) is 5.91 Å². The lowest BCUT2D eigenvalue weighted by atomic mass is 9.45. The molecule has 0 bridgehead atoms. The molecule has 4 aliphatic carbocycles. The van der Waals surface area contributed by atoms with Crippen LogP contribution in [0, 0.1) is 40.4 Å². The maximum atomic E-state index is 17.9.